The number of ether oxygens (including phenoxy) is 1. The standard InChI is InChI=1S/C18H22FN3O3/c1-18(2,22-17(24)15-8-21-11(9-23)10-25-15)16-13-4-3-5-14(19)12(13)6-7-20-16/h3-7,11,15,21,23H,8-10H2,1-2H3,(H,22,24)/t11-,15+/m1/s1. The van der Waals surface area contributed by atoms with Gasteiger partial charge < -0.3 is 20.5 Å². The van der Waals surface area contributed by atoms with Gasteiger partial charge in [0.25, 0.3) is 5.91 Å². The first kappa shape index (κ1) is 17.7. The van der Waals surface area contributed by atoms with E-state index in [2.05, 4.69) is 15.6 Å². The molecule has 0 spiro atoms. The lowest BCUT2D eigenvalue weighted by molar-refractivity contribution is -0.137. The summed E-state index contributed by atoms with van der Waals surface area (Å²) in [6.07, 6.45) is 0.896. The van der Waals surface area contributed by atoms with Crippen molar-refractivity contribution in [1.29, 1.82) is 0 Å². The molecule has 6 nitrogen and oxygen atoms in total. The number of carbonyl (C=O) groups excluding carboxylic acids is 1. The van der Waals surface area contributed by atoms with Crippen molar-refractivity contribution in [3.63, 3.8) is 0 Å². The van der Waals surface area contributed by atoms with E-state index in [1.165, 1.54) is 6.07 Å². The number of aliphatic hydroxyl groups excluding tert-OH is 1. The van der Waals surface area contributed by atoms with Gasteiger partial charge in [0.05, 0.1) is 30.5 Å². The van der Waals surface area contributed by atoms with Gasteiger partial charge in [0, 0.05) is 23.5 Å². The van der Waals surface area contributed by atoms with Crippen molar-refractivity contribution >= 4 is 16.7 Å². The van der Waals surface area contributed by atoms with Gasteiger partial charge in [-0.2, -0.15) is 0 Å². The van der Waals surface area contributed by atoms with Crippen LogP contribution in [0.5, 0.6) is 0 Å². The molecule has 0 radical (unpaired) electrons. The van der Waals surface area contributed by atoms with Crippen LogP contribution >= 0.6 is 0 Å². The Bertz CT molecular complexity index is 773. The van der Waals surface area contributed by atoms with Crippen molar-refractivity contribution in [2.45, 2.75) is 31.5 Å². The van der Waals surface area contributed by atoms with Gasteiger partial charge in [-0.25, -0.2) is 4.39 Å². The summed E-state index contributed by atoms with van der Waals surface area (Å²) < 4.78 is 19.5. The minimum Gasteiger partial charge on any atom is -0.395 e. The molecule has 3 N–H and O–H groups in total. The molecule has 0 saturated carbocycles. The number of carbonyl (C=O) groups is 1. The summed E-state index contributed by atoms with van der Waals surface area (Å²) >= 11 is 0. The largest absolute Gasteiger partial charge is 0.395 e. The number of nitrogens with zero attached hydrogens (tertiary/aromatic N) is 1. The van der Waals surface area contributed by atoms with Crippen molar-refractivity contribution < 1.29 is 19.0 Å². The fourth-order valence-corrected chi connectivity index (χ4v) is 3.02. The molecule has 134 valence electrons. The Morgan fingerprint density at radius 3 is 2.92 bits per heavy atom. The molecule has 1 aromatic carbocycles. The van der Waals surface area contributed by atoms with Crippen LogP contribution in [0.15, 0.2) is 30.5 Å². The zero-order valence-corrected chi connectivity index (χ0v) is 14.3. The zero-order valence-electron chi connectivity index (χ0n) is 14.3. The highest BCUT2D eigenvalue weighted by Crippen LogP contribution is 2.28. The molecule has 0 aliphatic carbocycles. The Morgan fingerprint density at radius 2 is 2.24 bits per heavy atom. The molecule has 2 aromatic rings. The quantitative estimate of drug-likeness (QED) is 0.771. The molecule has 0 unspecified atom stereocenters. The first-order valence-electron chi connectivity index (χ1n) is 8.24. The van der Waals surface area contributed by atoms with Crippen LogP contribution in [0.2, 0.25) is 0 Å². The smallest absolute Gasteiger partial charge is 0.251 e. The molecule has 7 heteroatoms. The number of hydrogen-bond acceptors (Lipinski definition) is 5. The van der Waals surface area contributed by atoms with Crippen molar-refractivity contribution in [1.82, 2.24) is 15.6 Å². The van der Waals surface area contributed by atoms with Crippen molar-refractivity contribution in [2.24, 2.45) is 0 Å². The Balaban J connectivity index is 1.80. The van der Waals surface area contributed by atoms with E-state index in [0.29, 0.717) is 23.0 Å². The zero-order chi connectivity index (χ0) is 18.0. The van der Waals surface area contributed by atoms with E-state index < -0.39 is 11.6 Å². The number of rotatable bonds is 4. The SMILES string of the molecule is CC(C)(NC(=O)[C@@H]1CN[C@H](CO)CO1)c1nccc2c(F)cccc12. The first-order chi connectivity index (χ1) is 11.9. The number of fused-ring (bicyclic) bond motifs is 1. The second-order valence-corrected chi connectivity index (χ2v) is 6.72. The number of hydrogen-bond donors (Lipinski definition) is 3. The summed E-state index contributed by atoms with van der Waals surface area (Å²) in [6, 6.07) is 6.29. The predicted molar refractivity (Wildman–Crippen MR) is 91.5 cm³/mol. The van der Waals surface area contributed by atoms with Crippen LogP contribution in [0.1, 0.15) is 19.5 Å². The Kier molecular flexibility index (Phi) is 4.99. The van der Waals surface area contributed by atoms with Crippen LogP contribution in [0.3, 0.4) is 0 Å². The number of morpholine rings is 1. The summed E-state index contributed by atoms with van der Waals surface area (Å²) in [4.78, 5) is 16.9. The van der Waals surface area contributed by atoms with E-state index in [0.717, 1.165) is 0 Å². The fraction of sp³-hybridized carbons (Fsp3) is 0.444. The van der Waals surface area contributed by atoms with Crippen LogP contribution in [0.25, 0.3) is 10.8 Å². The minimum atomic E-state index is -0.804. The third kappa shape index (κ3) is 3.63. The molecule has 1 amide bonds. The van der Waals surface area contributed by atoms with Gasteiger partial charge in [0.2, 0.25) is 0 Å². The van der Waals surface area contributed by atoms with Gasteiger partial charge >= 0.3 is 0 Å². The minimum absolute atomic E-state index is 0.0364. The molecule has 1 aliphatic heterocycles. The molecule has 1 fully saturated rings. The van der Waals surface area contributed by atoms with Gasteiger partial charge in [-0.3, -0.25) is 9.78 Å². The average Bonchev–Trinajstić information content (AvgIpc) is 2.61. The van der Waals surface area contributed by atoms with Gasteiger partial charge in [-0.1, -0.05) is 12.1 Å². The van der Waals surface area contributed by atoms with E-state index in [-0.39, 0.29) is 31.0 Å². The van der Waals surface area contributed by atoms with Crippen LogP contribution in [0.4, 0.5) is 4.39 Å². The van der Waals surface area contributed by atoms with E-state index in [1.807, 2.05) is 13.8 Å². The summed E-state index contributed by atoms with van der Waals surface area (Å²) in [5, 5.41) is 16.2. The van der Waals surface area contributed by atoms with Crippen LogP contribution < -0.4 is 10.6 Å². The maximum absolute atomic E-state index is 14.0. The number of benzene rings is 1. The summed E-state index contributed by atoms with van der Waals surface area (Å²) in [6.45, 7) is 4.21. The number of halogens is 1. The molecule has 0 bridgehead atoms. The number of amides is 1. The van der Waals surface area contributed by atoms with E-state index in [1.54, 1.807) is 24.4 Å². The molecule has 1 aliphatic rings. The molecule has 2 atom stereocenters. The van der Waals surface area contributed by atoms with Crippen molar-refractivity contribution in [3.8, 4) is 0 Å². The van der Waals surface area contributed by atoms with Crippen LogP contribution in [-0.2, 0) is 15.1 Å². The number of pyridine rings is 1. The highest BCUT2D eigenvalue weighted by molar-refractivity contribution is 5.87. The van der Waals surface area contributed by atoms with Crippen LogP contribution in [0, 0.1) is 5.82 Å². The van der Waals surface area contributed by atoms with Crippen molar-refractivity contribution in [2.75, 3.05) is 19.8 Å². The van der Waals surface area contributed by atoms with Crippen molar-refractivity contribution in [3.05, 3.63) is 42.0 Å². The molecular weight excluding hydrogens is 325 g/mol. The van der Waals surface area contributed by atoms with Gasteiger partial charge in [0.15, 0.2) is 0 Å². The predicted octanol–water partition coefficient (Wildman–Crippen LogP) is 1.07. The Morgan fingerprint density at radius 1 is 1.44 bits per heavy atom. The second-order valence-electron chi connectivity index (χ2n) is 6.72. The Hall–Kier alpha value is -2.09. The molecular formula is C18H22FN3O3. The first-order valence-corrected chi connectivity index (χ1v) is 8.24. The van der Waals surface area contributed by atoms with E-state index >= 15 is 0 Å². The molecule has 1 saturated heterocycles. The van der Waals surface area contributed by atoms with Gasteiger partial charge in [-0.15, -0.1) is 0 Å². The highest BCUT2D eigenvalue weighted by atomic mass is 19.1. The fourth-order valence-electron chi connectivity index (χ4n) is 3.02. The van der Waals surface area contributed by atoms with E-state index in [9.17, 15) is 9.18 Å². The Labute approximate surface area is 145 Å². The second kappa shape index (κ2) is 7.03. The van der Waals surface area contributed by atoms with Gasteiger partial charge in [0.1, 0.15) is 11.9 Å². The van der Waals surface area contributed by atoms with Gasteiger partial charge in [-0.05, 0) is 26.0 Å². The number of aromatic nitrogens is 1. The van der Waals surface area contributed by atoms with Crippen LogP contribution in [-0.4, -0.2) is 47.9 Å². The number of aliphatic hydroxyl groups is 1. The lowest BCUT2D eigenvalue weighted by Gasteiger charge is -2.32. The molecule has 1 aromatic heterocycles. The van der Waals surface area contributed by atoms with E-state index in [4.69, 9.17) is 9.84 Å². The normalized spacial score (nSPS) is 21.3. The molecule has 25 heavy (non-hydrogen) atoms. The average molecular weight is 347 g/mol. The lowest BCUT2D eigenvalue weighted by atomic mass is 9.94. The maximum Gasteiger partial charge on any atom is 0.251 e. The summed E-state index contributed by atoms with van der Waals surface area (Å²) in [5.74, 6) is -0.595. The number of nitrogens with one attached hydrogen (secondary N) is 2. The molecule has 3 rings (SSSR count). The third-order valence-corrected chi connectivity index (χ3v) is 4.38. The third-order valence-electron chi connectivity index (χ3n) is 4.38. The summed E-state index contributed by atoms with van der Waals surface area (Å²) in [7, 11) is 0. The topological polar surface area (TPSA) is 83.5 Å². The summed E-state index contributed by atoms with van der Waals surface area (Å²) in [5.41, 5.74) is -0.212. The highest BCUT2D eigenvalue weighted by Gasteiger charge is 2.32. The lowest BCUT2D eigenvalue weighted by Crippen LogP contribution is -2.56. The monoisotopic (exact) mass is 347 g/mol. The maximum atomic E-state index is 14.0. The molecule has 2 heterocycles.